The number of hydrogen-bond acceptors (Lipinski definition) is 11. The van der Waals surface area contributed by atoms with Crippen molar-refractivity contribution in [1.29, 1.82) is 0 Å². The van der Waals surface area contributed by atoms with E-state index in [4.69, 9.17) is 18.9 Å². The van der Waals surface area contributed by atoms with E-state index in [-0.39, 0.29) is 30.8 Å². The number of nitrogens with one attached hydrogen (secondary N) is 2. The predicted molar refractivity (Wildman–Crippen MR) is 167 cm³/mol. The average molecular weight is 632 g/mol. The molecule has 1 aromatic carbocycles. The van der Waals surface area contributed by atoms with Gasteiger partial charge in [-0.15, -0.1) is 0 Å². The van der Waals surface area contributed by atoms with E-state index in [0.717, 1.165) is 16.8 Å². The number of likely N-dealkylation sites (tertiary alicyclic amines) is 1. The number of benzene rings is 1. The highest BCUT2D eigenvalue weighted by Crippen LogP contribution is 2.30. The number of cyclic esters (lactones) is 1. The van der Waals surface area contributed by atoms with Crippen molar-refractivity contribution < 1.29 is 33.3 Å². The highest BCUT2D eigenvalue weighted by molar-refractivity contribution is 5.95. The largest absolute Gasteiger partial charge is 0.480 e. The number of carbonyl (C=O) groups is 3. The second-order valence-corrected chi connectivity index (χ2v) is 12.3. The van der Waals surface area contributed by atoms with Crippen molar-refractivity contribution in [2.24, 2.45) is 0 Å². The van der Waals surface area contributed by atoms with E-state index in [1.807, 2.05) is 39.0 Å². The third-order valence-corrected chi connectivity index (χ3v) is 7.53. The number of nitrogens with zero attached hydrogens (tertiary/aromatic N) is 5. The van der Waals surface area contributed by atoms with Gasteiger partial charge in [-0.1, -0.05) is 18.2 Å². The number of carbonyl (C=O) groups excluding carboxylic acids is 3. The quantitative estimate of drug-likeness (QED) is 0.331. The summed E-state index contributed by atoms with van der Waals surface area (Å²) in [7, 11) is 0. The Labute approximate surface area is 266 Å². The zero-order chi connectivity index (χ0) is 32.3. The van der Waals surface area contributed by atoms with E-state index < -0.39 is 11.7 Å². The van der Waals surface area contributed by atoms with Crippen LogP contribution in [0.4, 0.5) is 21.2 Å². The summed E-state index contributed by atoms with van der Waals surface area (Å²) >= 11 is 0. The van der Waals surface area contributed by atoms with E-state index >= 15 is 0 Å². The van der Waals surface area contributed by atoms with Crippen LogP contribution in [0.3, 0.4) is 0 Å². The fraction of sp³-hybridized carbons (Fsp3) is 0.438. The first-order chi connectivity index (χ1) is 22.1. The molecule has 242 valence electrons. The number of hydrogen-bond donors (Lipinski definition) is 2. The van der Waals surface area contributed by atoms with Gasteiger partial charge in [0.05, 0.1) is 18.8 Å². The molecule has 3 aliphatic heterocycles. The molecule has 0 unspecified atom stereocenters. The first-order valence-electron chi connectivity index (χ1n) is 15.3. The van der Waals surface area contributed by atoms with Gasteiger partial charge in [0.2, 0.25) is 5.88 Å². The van der Waals surface area contributed by atoms with Crippen LogP contribution in [0.2, 0.25) is 0 Å². The van der Waals surface area contributed by atoms with Gasteiger partial charge in [0.15, 0.2) is 18.2 Å². The number of aromatic nitrogens is 3. The third kappa shape index (κ3) is 7.62. The maximum Gasteiger partial charge on any atom is 0.415 e. The number of anilines is 2. The van der Waals surface area contributed by atoms with Gasteiger partial charge in [0, 0.05) is 31.1 Å². The van der Waals surface area contributed by atoms with Gasteiger partial charge >= 0.3 is 12.2 Å². The molecule has 0 saturated carbocycles. The SMILES string of the molecule is CC(C)(C)OC(=O)N1CC[C@@H](Oc2cc(-c3cccc(CNCC[C@H]4CN(c5ccc6c(n5)NC(=O)CO6)C(=O)O4)c3)ncn2)C1. The minimum absolute atomic E-state index is 0.0605. The highest BCUT2D eigenvalue weighted by atomic mass is 16.6. The Morgan fingerprint density at radius 1 is 1.13 bits per heavy atom. The van der Waals surface area contributed by atoms with Crippen molar-refractivity contribution in [1.82, 2.24) is 25.2 Å². The van der Waals surface area contributed by atoms with Crippen LogP contribution < -0.4 is 25.0 Å². The van der Waals surface area contributed by atoms with Gasteiger partial charge in [-0.3, -0.25) is 9.69 Å². The lowest BCUT2D eigenvalue weighted by atomic mass is 10.1. The zero-order valence-corrected chi connectivity index (χ0v) is 26.0. The molecule has 0 radical (unpaired) electrons. The van der Waals surface area contributed by atoms with Crippen molar-refractivity contribution in [3.8, 4) is 22.9 Å². The van der Waals surface area contributed by atoms with Crippen LogP contribution in [0, 0.1) is 0 Å². The van der Waals surface area contributed by atoms with E-state index in [9.17, 15) is 14.4 Å². The standard InChI is InChI=1S/C32H37N7O7/c1-32(2,3)46-30(41)38-12-10-23(16-38)44-28-14-24(34-19-35-28)21-6-4-5-20(13-21)15-33-11-9-22-17-39(31(42)45-22)26-8-7-25-29(36-26)37-27(40)18-43-25/h4-8,13-14,19,22-23,33H,9-12,15-18H2,1-3H3,(H,36,37,40)/t22-,23+/m0/s1. The van der Waals surface area contributed by atoms with Crippen molar-refractivity contribution in [3.05, 3.63) is 54.4 Å². The summed E-state index contributed by atoms with van der Waals surface area (Å²) in [6.07, 6.45) is 1.49. The molecule has 2 saturated heterocycles. The molecule has 3 aromatic rings. The van der Waals surface area contributed by atoms with Crippen LogP contribution in [0.1, 0.15) is 39.2 Å². The Morgan fingerprint density at radius 2 is 2.00 bits per heavy atom. The lowest BCUT2D eigenvalue weighted by Crippen LogP contribution is -2.36. The monoisotopic (exact) mass is 631 g/mol. The van der Waals surface area contributed by atoms with Gasteiger partial charge in [-0.25, -0.2) is 24.5 Å². The van der Waals surface area contributed by atoms with Gasteiger partial charge in [0.25, 0.3) is 5.91 Å². The topological polar surface area (TPSA) is 157 Å². The summed E-state index contributed by atoms with van der Waals surface area (Å²) in [4.78, 5) is 52.8. The first kappa shape index (κ1) is 31.0. The molecule has 3 amide bonds. The summed E-state index contributed by atoms with van der Waals surface area (Å²) < 4.78 is 22.5. The first-order valence-corrected chi connectivity index (χ1v) is 15.3. The Kier molecular flexibility index (Phi) is 8.88. The van der Waals surface area contributed by atoms with E-state index in [0.29, 0.717) is 68.8 Å². The van der Waals surface area contributed by atoms with Crippen LogP contribution in [0.15, 0.2) is 48.8 Å². The van der Waals surface area contributed by atoms with Crippen molar-refractivity contribution >= 4 is 29.7 Å². The van der Waals surface area contributed by atoms with Gasteiger partial charge < -0.3 is 34.5 Å². The van der Waals surface area contributed by atoms with Gasteiger partial charge in [0.1, 0.15) is 30.0 Å². The maximum atomic E-state index is 12.5. The summed E-state index contributed by atoms with van der Waals surface area (Å²) in [5.41, 5.74) is 2.17. The fourth-order valence-corrected chi connectivity index (χ4v) is 5.35. The molecular weight excluding hydrogens is 594 g/mol. The van der Waals surface area contributed by atoms with Crippen LogP contribution in [0.25, 0.3) is 11.3 Å². The Hall–Kier alpha value is -4.98. The molecule has 2 fully saturated rings. The van der Waals surface area contributed by atoms with E-state index in [2.05, 4.69) is 31.7 Å². The van der Waals surface area contributed by atoms with Crippen LogP contribution >= 0.6 is 0 Å². The number of pyridine rings is 1. The van der Waals surface area contributed by atoms with Crippen LogP contribution in [0.5, 0.6) is 11.6 Å². The molecule has 14 nitrogen and oxygen atoms in total. The summed E-state index contributed by atoms with van der Waals surface area (Å²) in [5, 5.41) is 6.08. The highest BCUT2D eigenvalue weighted by Gasteiger charge is 2.34. The second kappa shape index (κ2) is 13.2. The molecule has 46 heavy (non-hydrogen) atoms. The Bertz CT molecular complexity index is 1610. The van der Waals surface area contributed by atoms with Crippen LogP contribution in [-0.4, -0.2) is 88.5 Å². The van der Waals surface area contributed by atoms with Gasteiger partial charge in [-0.2, -0.15) is 0 Å². The molecule has 14 heteroatoms. The normalized spacial score (nSPS) is 19.3. The molecule has 3 aliphatic rings. The minimum Gasteiger partial charge on any atom is -0.480 e. The lowest BCUT2D eigenvalue weighted by Gasteiger charge is -2.24. The van der Waals surface area contributed by atoms with Crippen molar-refractivity contribution in [2.45, 2.75) is 58.0 Å². The fourth-order valence-electron chi connectivity index (χ4n) is 5.35. The Morgan fingerprint density at radius 3 is 2.85 bits per heavy atom. The molecule has 2 N–H and O–H groups in total. The van der Waals surface area contributed by atoms with E-state index in [1.54, 1.807) is 23.1 Å². The lowest BCUT2D eigenvalue weighted by molar-refractivity contribution is -0.118. The summed E-state index contributed by atoms with van der Waals surface area (Å²) in [6, 6.07) is 13.2. The number of fused-ring (bicyclic) bond motifs is 1. The zero-order valence-electron chi connectivity index (χ0n) is 26.0. The maximum absolute atomic E-state index is 12.5. The summed E-state index contributed by atoms with van der Waals surface area (Å²) in [6.45, 7) is 8.09. The molecule has 2 aromatic heterocycles. The smallest absolute Gasteiger partial charge is 0.415 e. The second-order valence-electron chi connectivity index (χ2n) is 12.3. The number of rotatable bonds is 9. The average Bonchev–Trinajstić information content (AvgIpc) is 3.65. The molecule has 0 aliphatic carbocycles. The molecule has 2 atom stereocenters. The molecule has 6 rings (SSSR count). The van der Waals surface area contributed by atoms with Crippen LogP contribution in [-0.2, 0) is 20.8 Å². The van der Waals surface area contributed by atoms with Crippen molar-refractivity contribution in [3.63, 3.8) is 0 Å². The Balaban J connectivity index is 0.976. The summed E-state index contributed by atoms with van der Waals surface area (Å²) in [5.74, 6) is 1.31. The predicted octanol–water partition coefficient (Wildman–Crippen LogP) is 3.76. The van der Waals surface area contributed by atoms with E-state index in [1.165, 1.54) is 11.2 Å². The van der Waals surface area contributed by atoms with Gasteiger partial charge in [-0.05, 0) is 57.5 Å². The van der Waals surface area contributed by atoms with Crippen molar-refractivity contribution in [2.75, 3.05) is 43.0 Å². The molecule has 0 bridgehead atoms. The third-order valence-electron chi connectivity index (χ3n) is 7.53. The molecule has 0 spiro atoms. The number of amides is 3. The minimum atomic E-state index is -0.547. The molecular formula is C32H37N7O7. The number of ether oxygens (including phenoxy) is 4. The molecule has 5 heterocycles.